The van der Waals surface area contributed by atoms with Crippen molar-refractivity contribution in [2.24, 2.45) is 5.16 Å². The van der Waals surface area contributed by atoms with Gasteiger partial charge in [-0.2, -0.15) is 5.06 Å². The van der Waals surface area contributed by atoms with Gasteiger partial charge in [-0.1, -0.05) is 5.16 Å². The second kappa shape index (κ2) is 12.0. The van der Waals surface area contributed by atoms with Crippen molar-refractivity contribution in [3.05, 3.63) is 34.3 Å². The Hall–Kier alpha value is -5.87. The lowest BCUT2D eigenvalue weighted by Gasteiger charge is -2.31. The van der Waals surface area contributed by atoms with E-state index in [-0.39, 0.29) is 53.1 Å². The topological polar surface area (TPSA) is 307 Å². The van der Waals surface area contributed by atoms with E-state index in [9.17, 15) is 54.0 Å². The number of cyclic esters (lactones) is 1. The normalized spacial score (nSPS) is 24.9. The maximum absolute atomic E-state index is 13.5. The molecule has 7 N–H and O–H groups in total. The number of carbonyl (C=O) groups excluding carboxylic acids is 5. The van der Waals surface area contributed by atoms with Crippen LogP contribution < -0.4 is 11.1 Å². The number of nitrogen functional groups attached to an aromatic ring is 1. The molecule has 0 bridgehead atoms. The summed E-state index contributed by atoms with van der Waals surface area (Å²) in [6.45, 7) is -0.626. The van der Waals surface area contributed by atoms with Crippen molar-refractivity contribution in [3.8, 4) is 11.5 Å². The first kappa shape index (κ1) is 33.0. The number of anilines is 1. The van der Waals surface area contributed by atoms with Gasteiger partial charge in [0.15, 0.2) is 22.3 Å². The minimum absolute atomic E-state index is 0.00799. The Labute approximate surface area is 276 Å². The molecule has 3 fully saturated rings. The number of nitrogens with one attached hydrogen (secondary N) is 1. The van der Waals surface area contributed by atoms with Crippen LogP contribution in [0, 0.1) is 0 Å². The number of nitrogens with zero attached hydrogens (tertiary/aromatic N) is 4. The number of carboxylic acid groups (broad SMARTS) is 2. The summed E-state index contributed by atoms with van der Waals surface area (Å²) in [5.41, 5.74) is -0.567. The quantitative estimate of drug-likeness (QED) is 0.0548. The number of aromatic nitrogens is 1. The molecule has 0 spiro atoms. The van der Waals surface area contributed by atoms with Gasteiger partial charge >= 0.3 is 23.6 Å². The molecule has 1 unspecified atom stereocenters. The van der Waals surface area contributed by atoms with E-state index in [0.29, 0.717) is 4.90 Å². The standard InChI is InChI=1S/C27H24N6O15S/c28-25-30-13(9-49-25)17(31-48-26(23(41)42)1-3-45-4-2-26)18(36)29-12-8-46-33(21(12)39)27(24(43)44)7-14(22(40)47-27)32-19(37)10-5-15(34)16(35)6-11(10)20(32)38/h5-6,9,12,14,34-35H,1-4,7-8H2,(H2,28,30)(H,29,36)(H,41,42)(H,43,44)/b31-17-/t12-,14-,27?/m0/s1. The highest BCUT2D eigenvalue weighted by Crippen LogP contribution is 2.40. The summed E-state index contributed by atoms with van der Waals surface area (Å²) in [4.78, 5) is 106. The summed E-state index contributed by atoms with van der Waals surface area (Å²) in [6, 6.07) is -1.94. The summed E-state index contributed by atoms with van der Waals surface area (Å²) >= 11 is 0.912. The highest BCUT2D eigenvalue weighted by Gasteiger charge is 2.65. The molecular formula is C27H24N6O15S. The number of phenols is 2. The Balaban J connectivity index is 1.22. The molecule has 4 aliphatic heterocycles. The minimum Gasteiger partial charge on any atom is -0.504 e. The molecule has 49 heavy (non-hydrogen) atoms. The highest BCUT2D eigenvalue weighted by molar-refractivity contribution is 7.13. The fourth-order valence-corrected chi connectivity index (χ4v) is 6.09. The number of thiazole rings is 1. The van der Waals surface area contributed by atoms with Gasteiger partial charge in [-0.3, -0.25) is 28.9 Å². The number of hydrogen-bond donors (Lipinski definition) is 6. The van der Waals surface area contributed by atoms with Crippen molar-refractivity contribution in [2.45, 2.75) is 42.7 Å². The molecule has 3 saturated heterocycles. The SMILES string of the molecule is Nc1nc(/C(=N/OC2(C(=O)O)CCOCC2)C(=O)N[C@H]2CON(C3(C(=O)O)C[C@H](N4C(=O)c5cc(O)c(O)cc5C4=O)C(=O)O3)C2=O)cs1. The maximum Gasteiger partial charge on any atom is 0.372 e. The van der Waals surface area contributed by atoms with Crippen LogP contribution >= 0.6 is 11.3 Å². The van der Waals surface area contributed by atoms with Gasteiger partial charge in [0.25, 0.3) is 23.6 Å². The average Bonchev–Trinajstić information content (AvgIpc) is 3.80. The second-order valence-corrected chi connectivity index (χ2v) is 12.0. The number of ether oxygens (including phenoxy) is 2. The number of hydrogen-bond acceptors (Lipinski definition) is 17. The molecule has 5 heterocycles. The van der Waals surface area contributed by atoms with Gasteiger partial charge in [0.2, 0.25) is 5.60 Å². The number of oxime groups is 1. The number of carbonyl (C=O) groups is 7. The molecule has 0 radical (unpaired) electrons. The number of benzene rings is 1. The van der Waals surface area contributed by atoms with E-state index in [0.717, 1.165) is 23.5 Å². The van der Waals surface area contributed by atoms with Crippen LogP contribution in [-0.2, 0) is 43.1 Å². The van der Waals surface area contributed by atoms with E-state index in [1.807, 2.05) is 0 Å². The van der Waals surface area contributed by atoms with E-state index in [2.05, 4.69) is 15.5 Å². The summed E-state index contributed by atoms with van der Waals surface area (Å²) in [5.74, 6) is -10.8. The lowest BCUT2D eigenvalue weighted by molar-refractivity contribution is -0.256. The molecule has 0 saturated carbocycles. The molecule has 21 nitrogen and oxygen atoms in total. The van der Waals surface area contributed by atoms with Gasteiger partial charge in [-0.25, -0.2) is 19.4 Å². The van der Waals surface area contributed by atoms with Crippen LogP contribution in [0.3, 0.4) is 0 Å². The van der Waals surface area contributed by atoms with E-state index in [4.69, 9.17) is 24.9 Å². The third kappa shape index (κ3) is 5.40. The van der Waals surface area contributed by atoms with Crippen LogP contribution in [0.4, 0.5) is 5.13 Å². The summed E-state index contributed by atoms with van der Waals surface area (Å²) in [5, 5.41) is 47.1. The molecule has 4 aliphatic rings. The molecule has 2 aromatic rings. The maximum atomic E-state index is 13.5. The first-order chi connectivity index (χ1) is 23.2. The van der Waals surface area contributed by atoms with Crippen LogP contribution in [0.1, 0.15) is 45.7 Å². The smallest absolute Gasteiger partial charge is 0.372 e. The Morgan fingerprint density at radius 2 is 1.67 bits per heavy atom. The van der Waals surface area contributed by atoms with Crippen LogP contribution in [0.2, 0.25) is 0 Å². The highest BCUT2D eigenvalue weighted by atomic mass is 32.1. The largest absolute Gasteiger partial charge is 0.504 e. The zero-order valence-electron chi connectivity index (χ0n) is 24.7. The molecule has 1 aromatic carbocycles. The van der Waals surface area contributed by atoms with E-state index < -0.39 is 95.2 Å². The lowest BCUT2D eigenvalue weighted by atomic mass is 9.95. The fraction of sp³-hybridized carbons (Fsp3) is 0.370. The van der Waals surface area contributed by atoms with Gasteiger partial charge in [0, 0.05) is 18.2 Å². The Morgan fingerprint density at radius 1 is 1.04 bits per heavy atom. The Bertz CT molecular complexity index is 1810. The number of carboxylic acids is 2. The van der Waals surface area contributed by atoms with E-state index >= 15 is 0 Å². The number of imide groups is 1. The van der Waals surface area contributed by atoms with Gasteiger partial charge in [0.05, 0.1) is 30.8 Å². The molecule has 22 heteroatoms. The Kier molecular flexibility index (Phi) is 8.08. The molecular weight excluding hydrogens is 680 g/mol. The molecule has 1 aromatic heterocycles. The Morgan fingerprint density at radius 3 is 2.22 bits per heavy atom. The van der Waals surface area contributed by atoms with Crippen LogP contribution in [-0.4, -0.2) is 126 Å². The number of hydroxylamine groups is 2. The summed E-state index contributed by atoms with van der Waals surface area (Å²) in [7, 11) is 0. The number of fused-ring (bicyclic) bond motifs is 1. The predicted molar refractivity (Wildman–Crippen MR) is 154 cm³/mol. The number of phenolic OH excluding ortho intramolecular Hbond substituents is 2. The van der Waals surface area contributed by atoms with Gasteiger partial charge in [-0.05, 0) is 12.1 Å². The van der Waals surface area contributed by atoms with Crippen molar-refractivity contribution >= 4 is 63.7 Å². The van der Waals surface area contributed by atoms with Crippen LogP contribution in [0.15, 0.2) is 22.7 Å². The number of aromatic hydroxyl groups is 2. The van der Waals surface area contributed by atoms with Crippen molar-refractivity contribution in [3.63, 3.8) is 0 Å². The number of nitrogens with two attached hydrogens (primary N) is 1. The summed E-state index contributed by atoms with van der Waals surface area (Å²) < 4.78 is 10.3. The first-order valence-electron chi connectivity index (χ1n) is 14.2. The molecule has 258 valence electrons. The molecule has 3 atom stereocenters. The lowest BCUT2D eigenvalue weighted by Crippen LogP contribution is -2.57. The van der Waals surface area contributed by atoms with E-state index in [1.165, 1.54) is 5.38 Å². The monoisotopic (exact) mass is 704 g/mol. The second-order valence-electron chi connectivity index (χ2n) is 11.1. The van der Waals surface area contributed by atoms with Crippen molar-refractivity contribution < 1.29 is 73.1 Å². The van der Waals surface area contributed by atoms with Crippen LogP contribution in [0.25, 0.3) is 0 Å². The third-order valence-electron chi connectivity index (χ3n) is 8.15. The third-order valence-corrected chi connectivity index (χ3v) is 8.83. The average molecular weight is 705 g/mol. The summed E-state index contributed by atoms with van der Waals surface area (Å²) in [6.07, 6.45) is -1.21. The van der Waals surface area contributed by atoms with Crippen LogP contribution in [0.5, 0.6) is 11.5 Å². The van der Waals surface area contributed by atoms with Crippen molar-refractivity contribution in [1.29, 1.82) is 0 Å². The van der Waals surface area contributed by atoms with Gasteiger partial charge in [0.1, 0.15) is 24.4 Å². The number of esters is 1. The predicted octanol–water partition coefficient (Wildman–Crippen LogP) is -1.86. The number of rotatable bonds is 9. The molecule has 6 rings (SSSR count). The molecule has 0 aliphatic carbocycles. The van der Waals surface area contributed by atoms with E-state index in [1.54, 1.807) is 0 Å². The fourth-order valence-electron chi connectivity index (χ4n) is 5.54. The zero-order chi connectivity index (χ0) is 35.4. The molecule has 4 amide bonds. The van der Waals surface area contributed by atoms with Gasteiger partial charge in [-0.15, -0.1) is 11.3 Å². The van der Waals surface area contributed by atoms with Crippen molar-refractivity contribution in [2.75, 3.05) is 25.6 Å². The number of amides is 4. The van der Waals surface area contributed by atoms with Gasteiger partial charge < -0.3 is 45.8 Å². The zero-order valence-corrected chi connectivity index (χ0v) is 25.5. The van der Waals surface area contributed by atoms with Crippen molar-refractivity contribution in [1.82, 2.24) is 20.3 Å². The first-order valence-corrected chi connectivity index (χ1v) is 15.0. The minimum atomic E-state index is -2.92. The number of aliphatic carboxylic acids is 2.